The van der Waals surface area contributed by atoms with Crippen LogP contribution in [0.2, 0.25) is 0 Å². The molecule has 2 aromatic carbocycles. The number of nitrogens with zero attached hydrogens (tertiary/aromatic N) is 2. The molecule has 132 valence electrons. The summed E-state index contributed by atoms with van der Waals surface area (Å²) in [7, 11) is -0.876. The number of nitrogens with one attached hydrogen (secondary N) is 1. The molecule has 0 aliphatic carbocycles. The standard InChI is InChI=1S/C20H16BN3O3/c1-22-18-9-10-19(24-20(18)23-12-14-5-3-2-4-6-14)27-16-7-8-17-15(11-16)13-26-21(17)25/h2-11,25H,12-13H2,(H,23,24). The highest BCUT2D eigenvalue weighted by atomic mass is 16.5. The Morgan fingerprint density at radius 1 is 1.19 bits per heavy atom. The second-order valence-corrected chi connectivity index (χ2v) is 6.09. The van der Waals surface area contributed by atoms with Gasteiger partial charge in [-0.25, -0.2) is 9.83 Å². The van der Waals surface area contributed by atoms with E-state index in [0.29, 0.717) is 36.3 Å². The van der Waals surface area contributed by atoms with Gasteiger partial charge < -0.3 is 19.7 Å². The van der Waals surface area contributed by atoms with Gasteiger partial charge in [0.25, 0.3) is 0 Å². The molecule has 0 radical (unpaired) electrons. The van der Waals surface area contributed by atoms with Gasteiger partial charge in [-0.3, -0.25) is 0 Å². The maximum absolute atomic E-state index is 9.70. The van der Waals surface area contributed by atoms with Gasteiger partial charge in [0, 0.05) is 6.54 Å². The molecule has 3 aromatic rings. The van der Waals surface area contributed by atoms with Crippen molar-refractivity contribution in [2.24, 2.45) is 0 Å². The van der Waals surface area contributed by atoms with Crippen molar-refractivity contribution in [2.45, 2.75) is 13.2 Å². The van der Waals surface area contributed by atoms with Crippen molar-refractivity contribution in [1.82, 2.24) is 4.98 Å². The maximum atomic E-state index is 9.70. The Kier molecular flexibility index (Phi) is 4.75. The van der Waals surface area contributed by atoms with E-state index < -0.39 is 7.12 Å². The van der Waals surface area contributed by atoms with Gasteiger partial charge in [0.15, 0.2) is 0 Å². The molecule has 27 heavy (non-hydrogen) atoms. The molecule has 1 aromatic heterocycles. The van der Waals surface area contributed by atoms with Crippen LogP contribution < -0.4 is 15.5 Å². The summed E-state index contributed by atoms with van der Waals surface area (Å²) >= 11 is 0. The molecule has 0 saturated carbocycles. The van der Waals surface area contributed by atoms with Crippen molar-refractivity contribution >= 4 is 24.1 Å². The lowest BCUT2D eigenvalue weighted by Crippen LogP contribution is -2.27. The molecule has 7 heteroatoms. The van der Waals surface area contributed by atoms with Gasteiger partial charge in [0.05, 0.1) is 13.2 Å². The van der Waals surface area contributed by atoms with Crippen LogP contribution in [0.3, 0.4) is 0 Å². The number of benzene rings is 2. The van der Waals surface area contributed by atoms with Gasteiger partial charge in [0.2, 0.25) is 11.6 Å². The average molecular weight is 357 g/mol. The van der Waals surface area contributed by atoms with Crippen LogP contribution in [0.25, 0.3) is 4.85 Å². The molecule has 4 rings (SSSR count). The third-order valence-corrected chi connectivity index (χ3v) is 4.27. The third-order valence-electron chi connectivity index (χ3n) is 4.27. The first-order valence-electron chi connectivity index (χ1n) is 8.49. The number of fused-ring (bicyclic) bond motifs is 1. The molecule has 6 nitrogen and oxygen atoms in total. The molecule has 0 atom stereocenters. The molecular weight excluding hydrogens is 341 g/mol. The number of pyridine rings is 1. The molecule has 0 bridgehead atoms. The number of aromatic nitrogens is 1. The summed E-state index contributed by atoms with van der Waals surface area (Å²) in [5.74, 6) is 1.46. The average Bonchev–Trinajstić information content (AvgIpc) is 3.07. The normalized spacial score (nSPS) is 12.4. The zero-order valence-electron chi connectivity index (χ0n) is 14.4. The highest BCUT2D eigenvalue weighted by molar-refractivity contribution is 6.61. The second kappa shape index (κ2) is 7.50. The number of anilines is 1. The van der Waals surface area contributed by atoms with E-state index in [9.17, 15) is 5.02 Å². The van der Waals surface area contributed by atoms with Crippen molar-refractivity contribution in [3.63, 3.8) is 0 Å². The molecular formula is C20H16BN3O3. The van der Waals surface area contributed by atoms with Crippen LogP contribution in [0.4, 0.5) is 11.5 Å². The second-order valence-electron chi connectivity index (χ2n) is 6.09. The van der Waals surface area contributed by atoms with E-state index in [1.54, 1.807) is 24.3 Å². The Labute approximate surface area is 157 Å². The lowest BCUT2D eigenvalue weighted by Gasteiger charge is -2.11. The summed E-state index contributed by atoms with van der Waals surface area (Å²) in [4.78, 5) is 7.95. The van der Waals surface area contributed by atoms with E-state index in [0.717, 1.165) is 16.6 Å². The fourth-order valence-corrected chi connectivity index (χ4v) is 2.88. The quantitative estimate of drug-likeness (QED) is 0.542. The Morgan fingerprint density at radius 3 is 2.85 bits per heavy atom. The van der Waals surface area contributed by atoms with Crippen LogP contribution >= 0.6 is 0 Å². The van der Waals surface area contributed by atoms with Crippen LogP contribution in [0.5, 0.6) is 11.6 Å². The van der Waals surface area contributed by atoms with Gasteiger partial charge in [-0.1, -0.05) is 36.4 Å². The minimum Gasteiger partial charge on any atom is -0.439 e. The number of hydrogen-bond acceptors (Lipinski definition) is 5. The summed E-state index contributed by atoms with van der Waals surface area (Å²) in [5.41, 5.74) is 3.17. The van der Waals surface area contributed by atoms with Crippen LogP contribution in [0.15, 0.2) is 60.7 Å². The first-order chi connectivity index (χ1) is 13.2. The molecule has 2 N–H and O–H groups in total. The van der Waals surface area contributed by atoms with Gasteiger partial charge in [-0.15, -0.1) is 0 Å². The lowest BCUT2D eigenvalue weighted by atomic mass is 9.80. The fourth-order valence-electron chi connectivity index (χ4n) is 2.88. The lowest BCUT2D eigenvalue weighted by molar-refractivity contribution is 0.275. The van der Waals surface area contributed by atoms with Gasteiger partial charge in [0.1, 0.15) is 11.6 Å². The van der Waals surface area contributed by atoms with E-state index in [4.69, 9.17) is 16.0 Å². The van der Waals surface area contributed by atoms with Crippen molar-refractivity contribution < 1.29 is 14.4 Å². The first-order valence-corrected chi connectivity index (χ1v) is 8.49. The van der Waals surface area contributed by atoms with E-state index in [2.05, 4.69) is 15.1 Å². The summed E-state index contributed by atoms with van der Waals surface area (Å²) in [6.45, 7) is 8.24. The van der Waals surface area contributed by atoms with E-state index >= 15 is 0 Å². The van der Waals surface area contributed by atoms with Gasteiger partial charge in [-0.2, -0.15) is 0 Å². The molecule has 2 heterocycles. The van der Waals surface area contributed by atoms with Crippen LogP contribution in [-0.4, -0.2) is 17.1 Å². The van der Waals surface area contributed by atoms with Gasteiger partial charge >= 0.3 is 7.12 Å². The van der Waals surface area contributed by atoms with Crippen LogP contribution in [-0.2, 0) is 17.8 Å². The predicted octanol–water partition coefficient (Wildman–Crippen LogP) is 3.25. The summed E-state index contributed by atoms with van der Waals surface area (Å²) < 4.78 is 11.0. The molecule has 0 amide bonds. The molecule has 0 saturated heterocycles. The van der Waals surface area contributed by atoms with Crippen molar-refractivity contribution in [1.29, 1.82) is 0 Å². The van der Waals surface area contributed by atoms with E-state index in [1.807, 2.05) is 36.4 Å². The van der Waals surface area contributed by atoms with Crippen LogP contribution in [0, 0.1) is 6.57 Å². The van der Waals surface area contributed by atoms with Crippen molar-refractivity contribution in [2.75, 3.05) is 5.32 Å². The molecule has 1 aliphatic rings. The predicted molar refractivity (Wildman–Crippen MR) is 103 cm³/mol. The first kappa shape index (κ1) is 17.1. The highest BCUT2D eigenvalue weighted by Crippen LogP contribution is 2.29. The SMILES string of the molecule is [C-]#[N+]c1ccc(Oc2ccc3c(c2)COB3O)nc1NCc1ccccc1. The molecule has 1 aliphatic heterocycles. The van der Waals surface area contributed by atoms with Crippen molar-refractivity contribution in [3.05, 3.63) is 83.2 Å². The molecule has 0 spiro atoms. The summed E-state index contributed by atoms with van der Waals surface area (Å²) in [5, 5.41) is 12.9. The summed E-state index contributed by atoms with van der Waals surface area (Å²) in [6, 6.07) is 18.6. The number of rotatable bonds is 5. The number of hydrogen-bond donors (Lipinski definition) is 2. The zero-order chi connectivity index (χ0) is 18.6. The molecule has 0 unspecified atom stereocenters. The Morgan fingerprint density at radius 2 is 2.04 bits per heavy atom. The third kappa shape index (κ3) is 3.77. The Hall–Kier alpha value is -3.34. The minimum atomic E-state index is -0.876. The largest absolute Gasteiger partial charge is 0.491 e. The monoisotopic (exact) mass is 357 g/mol. The Bertz CT molecular complexity index is 1010. The number of ether oxygens (including phenoxy) is 1. The highest BCUT2D eigenvalue weighted by Gasteiger charge is 2.27. The van der Waals surface area contributed by atoms with E-state index in [1.165, 1.54) is 0 Å². The minimum absolute atomic E-state index is 0.349. The zero-order valence-corrected chi connectivity index (χ0v) is 14.4. The van der Waals surface area contributed by atoms with Crippen molar-refractivity contribution in [3.8, 4) is 11.6 Å². The van der Waals surface area contributed by atoms with E-state index in [-0.39, 0.29) is 0 Å². The Balaban J connectivity index is 1.53. The van der Waals surface area contributed by atoms with Crippen LogP contribution in [0.1, 0.15) is 11.1 Å². The maximum Gasteiger partial charge on any atom is 0.491 e. The topological polar surface area (TPSA) is 68.0 Å². The van der Waals surface area contributed by atoms with Gasteiger partial charge in [-0.05, 0) is 40.9 Å². The smallest absolute Gasteiger partial charge is 0.439 e. The summed E-state index contributed by atoms with van der Waals surface area (Å²) in [6.07, 6.45) is 0. The fraction of sp³-hybridized carbons (Fsp3) is 0.100. The molecule has 0 fully saturated rings.